The van der Waals surface area contributed by atoms with Gasteiger partial charge >= 0.3 is 0 Å². The van der Waals surface area contributed by atoms with E-state index in [2.05, 4.69) is 62.2 Å². The summed E-state index contributed by atoms with van der Waals surface area (Å²) in [5, 5.41) is 11.4. The lowest BCUT2D eigenvalue weighted by atomic mass is 9.92. The summed E-state index contributed by atoms with van der Waals surface area (Å²) in [5.41, 5.74) is 8.27. The van der Waals surface area contributed by atoms with Crippen LogP contribution in [0.25, 0.3) is 34.3 Å². The summed E-state index contributed by atoms with van der Waals surface area (Å²) in [6.07, 6.45) is 5.71. The number of nitrogens with one attached hydrogen (secondary N) is 3. The van der Waals surface area contributed by atoms with Crippen LogP contribution in [-0.2, 0) is 23.8 Å². The first-order valence-electron chi connectivity index (χ1n) is 16.0. The highest BCUT2D eigenvalue weighted by Crippen LogP contribution is 2.33. The Balaban J connectivity index is 0.000000157. The molecule has 11 heteroatoms. The topological polar surface area (TPSA) is 123 Å². The van der Waals surface area contributed by atoms with Gasteiger partial charge in [-0.15, -0.1) is 0 Å². The van der Waals surface area contributed by atoms with Crippen LogP contribution in [0.15, 0.2) is 102 Å². The minimum atomic E-state index is -0.161. The molecule has 0 spiro atoms. The molecule has 3 aromatic heterocycles. The molecule has 0 aliphatic carbocycles. The summed E-state index contributed by atoms with van der Waals surface area (Å²) in [6, 6.07) is 27.2. The minimum Gasteiger partial charge on any atom is -0.344 e. The number of nitrogens with zero attached hydrogens (tertiary/aromatic N) is 5. The Labute approximate surface area is 288 Å². The average molecular weight is 669 g/mol. The lowest BCUT2D eigenvalue weighted by molar-refractivity contribution is -0.110. The summed E-state index contributed by atoms with van der Waals surface area (Å²) in [4.78, 5) is 37.1. The van der Waals surface area contributed by atoms with Crippen LogP contribution >= 0.6 is 11.8 Å². The molecule has 3 N–H and O–H groups in total. The zero-order valence-electron chi connectivity index (χ0n) is 27.7. The SMILES string of the molecule is Cn1nc(C(C)(C)C)cc1C(=O)Nc1ccc(-c2cn3c(n2)SCC3)cc1.O=C1Nc2ccccc2C1=Cc1c[nH]c(-c2ccccc2)n1. The molecule has 0 radical (unpaired) electrons. The molecule has 0 saturated heterocycles. The highest BCUT2D eigenvalue weighted by atomic mass is 32.2. The molecular weight excluding hydrogens is 633 g/mol. The van der Waals surface area contributed by atoms with E-state index in [0.717, 1.165) is 68.4 Å². The predicted octanol–water partition coefficient (Wildman–Crippen LogP) is 7.51. The molecule has 49 heavy (non-hydrogen) atoms. The van der Waals surface area contributed by atoms with Gasteiger partial charge < -0.3 is 20.2 Å². The number of fused-ring (bicyclic) bond motifs is 2. The number of carbonyl (C=O) groups is 2. The van der Waals surface area contributed by atoms with Crippen molar-refractivity contribution in [2.24, 2.45) is 7.05 Å². The average Bonchev–Trinajstić information content (AvgIpc) is 3.92. The maximum absolute atomic E-state index is 12.6. The number of rotatable bonds is 5. The van der Waals surface area contributed by atoms with Gasteiger partial charge in [0.1, 0.15) is 11.5 Å². The summed E-state index contributed by atoms with van der Waals surface area (Å²) in [6.45, 7) is 7.27. The lowest BCUT2D eigenvalue weighted by Gasteiger charge is -2.13. The molecule has 2 amide bonds. The quantitative estimate of drug-likeness (QED) is 0.164. The van der Waals surface area contributed by atoms with Crippen molar-refractivity contribution in [1.82, 2.24) is 29.3 Å². The lowest BCUT2D eigenvalue weighted by Crippen LogP contribution is -2.15. The molecule has 246 valence electrons. The van der Waals surface area contributed by atoms with E-state index in [1.807, 2.05) is 97.2 Å². The number of hydrogen-bond acceptors (Lipinski definition) is 6. The molecule has 10 nitrogen and oxygen atoms in total. The van der Waals surface area contributed by atoms with Crippen molar-refractivity contribution in [3.63, 3.8) is 0 Å². The van der Waals surface area contributed by atoms with E-state index in [1.54, 1.807) is 23.5 Å². The number of amides is 2. The predicted molar refractivity (Wildman–Crippen MR) is 195 cm³/mol. The summed E-state index contributed by atoms with van der Waals surface area (Å²) >= 11 is 1.78. The van der Waals surface area contributed by atoms with Gasteiger partial charge in [-0.25, -0.2) is 9.97 Å². The van der Waals surface area contributed by atoms with Gasteiger partial charge in [0.15, 0.2) is 5.16 Å². The van der Waals surface area contributed by atoms with Crippen molar-refractivity contribution >= 4 is 46.6 Å². The van der Waals surface area contributed by atoms with Gasteiger partial charge in [0.05, 0.1) is 22.7 Å². The fraction of sp³-hybridized carbons (Fsp3) is 0.184. The number of thioether (sulfide) groups is 1. The summed E-state index contributed by atoms with van der Waals surface area (Å²) < 4.78 is 3.82. The molecule has 0 unspecified atom stereocenters. The zero-order chi connectivity index (χ0) is 34.1. The summed E-state index contributed by atoms with van der Waals surface area (Å²) in [7, 11) is 1.79. The fourth-order valence-corrected chi connectivity index (χ4v) is 6.54. The Morgan fingerprint density at radius 2 is 1.71 bits per heavy atom. The van der Waals surface area contributed by atoms with Gasteiger partial charge in [-0.3, -0.25) is 14.3 Å². The molecule has 2 aliphatic rings. The second kappa shape index (κ2) is 13.1. The standard InChI is InChI=1S/C20H23N5OS.C18H13N3O/c1-20(2,3)17-11-16(24(4)23-17)18(26)21-14-7-5-13(6-8-14)15-12-25-9-10-27-19(25)22-15;22-18-15(14-8-4-5-9-16(14)21-18)10-13-11-19-17(20-13)12-6-2-1-3-7-12/h5-8,11-12H,9-10H2,1-4H3,(H,21,26);1-11H,(H,19,20)(H,21,22). The van der Waals surface area contributed by atoms with Crippen LogP contribution in [0.5, 0.6) is 0 Å². The third-order valence-corrected chi connectivity index (χ3v) is 9.24. The zero-order valence-corrected chi connectivity index (χ0v) is 28.5. The van der Waals surface area contributed by atoms with E-state index in [0.29, 0.717) is 11.3 Å². The molecule has 0 fully saturated rings. The van der Waals surface area contributed by atoms with Crippen molar-refractivity contribution in [2.75, 3.05) is 16.4 Å². The third-order valence-electron chi connectivity index (χ3n) is 8.27. The van der Waals surface area contributed by atoms with E-state index < -0.39 is 0 Å². The highest BCUT2D eigenvalue weighted by molar-refractivity contribution is 7.99. The molecule has 0 atom stereocenters. The van der Waals surface area contributed by atoms with Gasteiger partial charge in [0.2, 0.25) is 0 Å². The Morgan fingerprint density at radius 3 is 2.45 bits per heavy atom. The van der Waals surface area contributed by atoms with E-state index in [-0.39, 0.29) is 17.2 Å². The number of H-pyrrole nitrogens is 1. The Bertz CT molecular complexity index is 2160. The molecule has 8 rings (SSSR count). The van der Waals surface area contributed by atoms with Gasteiger partial charge in [0, 0.05) is 65.2 Å². The highest BCUT2D eigenvalue weighted by Gasteiger charge is 2.24. The second-order valence-electron chi connectivity index (χ2n) is 12.9. The van der Waals surface area contributed by atoms with Crippen molar-refractivity contribution in [1.29, 1.82) is 0 Å². The number of imidazole rings is 2. The van der Waals surface area contributed by atoms with Crippen LogP contribution in [-0.4, -0.2) is 46.9 Å². The first kappa shape index (κ1) is 31.9. The second-order valence-corrected chi connectivity index (χ2v) is 13.9. The van der Waals surface area contributed by atoms with Gasteiger partial charge in [-0.05, 0) is 30.3 Å². The Kier molecular flexibility index (Phi) is 8.52. The maximum atomic E-state index is 12.6. The molecule has 3 aromatic carbocycles. The van der Waals surface area contributed by atoms with Crippen LogP contribution in [0.2, 0.25) is 0 Å². The van der Waals surface area contributed by atoms with E-state index >= 15 is 0 Å². The van der Waals surface area contributed by atoms with Gasteiger partial charge in [0.25, 0.3) is 11.8 Å². The van der Waals surface area contributed by atoms with Crippen LogP contribution in [0.4, 0.5) is 11.4 Å². The van der Waals surface area contributed by atoms with Crippen molar-refractivity contribution in [3.05, 3.63) is 120 Å². The van der Waals surface area contributed by atoms with Crippen LogP contribution < -0.4 is 10.6 Å². The first-order chi connectivity index (χ1) is 23.6. The fourth-order valence-electron chi connectivity index (χ4n) is 5.60. The largest absolute Gasteiger partial charge is 0.344 e. The van der Waals surface area contributed by atoms with Crippen molar-refractivity contribution in [3.8, 4) is 22.6 Å². The van der Waals surface area contributed by atoms with Crippen LogP contribution in [0.1, 0.15) is 48.2 Å². The number of para-hydroxylation sites is 1. The van der Waals surface area contributed by atoms with Crippen molar-refractivity contribution < 1.29 is 9.59 Å². The molecular formula is C38H36N8O2S. The molecule has 0 saturated carbocycles. The van der Waals surface area contributed by atoms with E-state index in [1.165, 1.54) is 0 Å². The van der Waals surface area contributed by atoms with Crippen molar-refractivity contribution in [2.45, 2.75) is 37.9 Å². The number of anilines is 2. The number of aryl methyl sites for hydroxylation is 2. The summed E-state index contributed by atoms with van der Waals surface area (Å²) in [5.74, 6) is 1.63. The Morgan fingerprint density at radius 1 is 0.959 bits per heavy atom. The first-order valence-corrected chi connectivity index (χ1v) is 17.0. The normalized spacial score (nSPS) is 14.2. The van der Waals surface area contributed by atoms with E-state index in [9.17, 15) is 9.59 Å². The number of benzene rings is 3. The number of carbonyl (C=O) groups excluding carboxylic acids is 2. The van der Waals surface area contributed by atoms with Gasteiger partial charge in [-0.1, -0.05) is 93.2 Å². The van der Waals surface area contributed by atoms with Crippen LogP contribution in [0, 0.1) is 0 Å². The third kappa shape index (κ3) is 6.84. The minimum absolute atomic E-state index is 0.0922. The smallest absolute Gasteiger partial charge is 0.273 e. The van der Waals surface area contributed by atoms with E-state index in [4.69, 9.17) is 0 Å². The number of aromatic nitrogens is 6. The molecule has 0 bridgehead atoms. The Hall–Kier alpha value is -5.68. The number of aromatic amines is 1. The number of hydrogen-bond donors (Lipinski definition) is 3. The molecule has 6 aromatic rings. The van der Waals surface area contributed by atoms with Crippen LogP contribution in [0.3, 0.4) is 0 Å². The molecule has 2 aliphatic heterocycles. The van der Waals surface area contributed by atoms with Gasteiger partial charge in [-0.2, -0.15) is 5.10 Å². The maximum Gasteiger partial charge on any atom is 0.273 e. The monoisotopic (exact) mass is 668 g/mol. The molecule has 5 heterocycles.